The first-order chi connectivity index (χ1) is 15.8. The van der Waals surface area contributed by atoms with Crippen LogP contribution < -0.4 is 0 Å². The molecule has 1 heterocycles. The zero-order valence-electron chi connectivity index (χ0n) is 21.5. The summed E-state index contributed by atoms with van der Waals surface area (Å²) in [6.07, 6.45) is 3.93. The van der Waals surface area contributed by atoms with Crippen LogP contribution >= 0.6 is 0 Å². The third-order valence-electron chi connectivity index (χ3n) is 10.6. The highest BCUT2D eigenvalue weighted by Gasteiger charge is 2.79. The Morgan fingerprint density at radius 3 is 2.59 bits per heavy atom. The van der Waals surface area contributed by atoms with Crippen molar-refractivity contribution >= 4 is 28.0 Å². The zero-order chi connectivity index (χ0) is 25.0. The Hall–Kier alpha value is -0.928. The molecule has 1 aliphatic heterocycles. The van der Waals surface area contributed by atoms with Gasteiger partial charge in [-0.15, -0.1) is 6.58 Å². The Kier molecular flexibility index (Phi) is 5.49. The number of esters is 1. The number of carbonyl (C=O) groups excluding carboxylic acids is 2. The van der Waals surface area contributed by atoms with E-state index in [1.807, 2.05) is 26.8 Å². The molecule has 3 saturated carbocycles. The number of ether oxygens (including phenoxy) is 2. The molecule has 5 nitrogen and oxygen atoms in total. The van der Waals surface area contributed by atoms with E-state index in [1.165, 1.54) is 0 Å². The van der Waals surface area contributed by atoms with Crippen molar-refractivity contribution in [3.05, 3.63) is 23.8 Å². The molecule has 5 rings (SSSR count). The monoisotopic (exact) mass is 482 g/mol. The van der Waals surface area contributed by atoms with E-state index in [4.69, 9.17) is 9.47 Å². The molecule has 1 spiro atoms. The second-order valence-corrected chi connectivity index (χ2v) is 14.0. The van der Waals surface area contributed by atoms with Gasteiger partial charge in [0.1, 0.15) is 28.2 Å². The van der Waals surface area contributed by atoms with Crippen molar-refractivity contribution in [2.75, 3.05) is 6.61 Å². The molecule has 6 heteroatoms. The molecule has 4 fully saturated rings. The minimum Gasteiger partial charge on any atom is -0.458 e. The van der Waals surface area contributed by atoms with Gasteiger partial charge in [-0.25, -0.2) is 0 Å². The Balaban J connectivity index is 1.68. The van der Waals surface area contributed by atoms with Crippen LogP contribution in [0.4, 0.5) is 0 Å². The lowest BCUT2D eigenvalue weighted by atomic mass is 9.43. The number of hydrogen-bond acceptors (Lipinski definition) is 5. The predicted octanol–water partition coefficient (Wildman–Crippen LogP) is 4.20. The SMILES string of the molecule is C=C[C@H]1C2[C@]3(C)CO[C@@H]3C[C@@H]3C[C@]23C(=O)[C@H](C)C2=C(C)[C@@H](OC(=O)C[C@@H](C)[Al])C[C@]1(O)C2(C)C. The second-order valence-electron chi connectivity index (χ2n) is 12.8. The summed E-state index contributed by atoms with van der Waals surface area (Å²) in [5.74, 6) is -0.311. The maximum absolute atomic E-state index is 14.4. The second kappa shape index (κ2) is 7.54. The fraction of sp³-hybridized carbons (Fsp3) is 0.786. The molecule has 0 aromatic carbocycles. The van der Waals surface area contributed by atoms with Crippen molar-refractivity contribution in [1.29, 1.82) is 0 Å². The summed E-state index contributed by atoms with van der Waals surface area (Å²) in [6, 6.07) is 0. The number of ketones is 1. The summed E-state index contributed by atoms with van der Waals surface area (Å²) in [6.45, 7) is 17.2. The first-order valence-electron chi connectivity index (χ1n) is 12.9. The van der Waals surface area contributed by atoms with Crippen molar-refractivity contribution in [2.24, 2.45) is 39.9 Å². The highest BCUT2D eigenvalue weighted by atomic mass is 27.0. The molecule has 10 atom stereocenters. The fourth-order valence-electron chi connectivity index (χ4n) is 8.91. The van der Waals surface area contributed by atoms with Gasteiger partial charge in [-0.1, -0.05) is 45.5 Å². The summed E-state index contributed by atoms with van der Waals surface area (Å²) in [5.41, 5.74) is -0.556. The molecule has 1 unspecified atom stereocenters. The lowest BCUT2D eigenvalue weighted by Gasteiger charge is -2.65. The van der Waals surface area contributed by atoms with Gasteiger partial charge >= 0.3 is 5.97 Å². The van der Waals surface area contributed by atoms with Crippen LogP contribution in [0.3, 0.4) is 0 Å². The van der Waals surface area contributed by atoms with Crippen molar-refractivity contribution in [3.63, 3.8) is 0 Å². The summed E-state index contributed by atoms with van der Waals surface area (Å²) < 4.78 is 12.1. The smallest absolute Gasteiger partial charge is 0.305 e. The largest absolute Gasteiger partial charge is 0.458 e. The molecule has 2 radical (unpaired) electrons. The topological polar surface area (TPSA) is 72.8 Å². The van der Waals surface area contributed by atoms with Crippen LogP contribution in [0.25, 0.3) is 0 Å². The van der Waals surface area contributed by atoms with Gasteiger partial charge in [0.2, 0.25) is 0 Å². The van der Waals surface area contributed by atoms with Crippen LogP contribution in [-0.2, 0) is 19.1 Å². The average molecular weight is 483 g/mol. The highest BCUT2D eigenvalue weighted by molar-refractivity contribution is 6.12. The van der Waals surface area contributed by atoms with Gasteiger partial charge in [-0.2, -0.15) is 0 Å². The van der Waals surface area contributed by atoms with Crippen molar-refractivity contribution < 1.29 is 24.2 Å². The number of Topliss-reactive ketones (excluding diaryl/α,β-unsaturated/α-hetero) is 1. The van der Waals surface area contributed by atoms with E-state index in [-0.39, 0.29) is 40.0 Å². The van der Waals surface area contributed by atoms with Gasteiger partial charge in [0.25, 0.3) is 0 Å². The summed E-state index contributed by atoms with van der Waals surface area (Å²) in [7, 11) is 0. The van der Waals surface area contributed by atoms with E-state index >= 15 is 0 Å². The number of fused-ring (bicyclic) bond motifs is 4. The number of hydrogen-bond donors (Lipinski definition) is 1. The molecule has 34 heavy (non-hydrogen) atoms. The van der Waals surface area contributed by atoms with Crippen LogP contribution in [0.1, 0.15) is 67.2 Å². The average Bonchev–Trinajstić information content (AvgIpc) is 3.45. The third-order valence-corrected chi connectivity index (χ3v) is 10.9. The van der Waals surface area contributed by atoms with Gasteiger partial charge in [-0.3, -0.25) is 9.59 Å². The molecule has 1 N–H and O–H groups in total. The Morgan fingerprint density at radius 1 is 1.35 bits per heavy atom. The molecule has 4 aliphatic carbocycles. The number of rotatable bonds is 4. The maximum atomic E-state index is 14.4. The Labute approximate surface area is 212 Å². The van der Waals surface area contributed by atoms with Crippen LogP contribution in [0.15, 0.2) is 23.8 Å². The molecule has 184 valence electrons. The van der Waals surface area contributed by atoms with E-state index in [9.17, 15) is 14.7 Å². The van der Waals surface area contributed by atoms with Crippen molar-refractivity contribution in [2.45, 2.75) is 89.8 Å². The van der Waals surface area contributed by atoms with Gasteiger partial charge < -0.3 is 14.6 Å². The minimum atomic E-state index is -1.19. The van der Waals surface area contributed by atoms with Gasteiger partial charge in [0, 0.05) is 40.9 Å². The third kappa shape index (κ3) is 2.92. The molecule has 0 amide bonds. The first kappa shape index (κ1) is 24.8. The van der Waals surface area contributed by atoms with Crippen molar-refractivity contribution in [1.82, 2.24) is 0 Å². The van der Waals surface area contributed by atoms with E-state index in [1.54, 1.807) is 0 Å². The Morgan fingerprint density at radius 2 is 2.03 bits per heavy atom. The van der Waals surface area contributed by atoms with Gasteiger partial charge in [0.05, 0.1) is 18.3 Å². The highest BCUT2D eigenvalue weighted by Crippen LogP contribution is 2.77. The van der Waals surface area contributed by atoms with Crippen LogP contribution in [-0.4, -0.2) is 57.6 Å². The van der Waals surface area contributed by atoms with Crippen LogP contribution in [0.5, 0.6) is 0 Å². The molecular formula is C28H39AlO5. The molecule has 2 bridgehead atoms. The molecular weight excluding hydrogens is 443 g/mol. The number of carbonyl (C=O) groups is 2. The Bertz CT molecular complexity index is 983. The molecule has 0 aromatic rings. The normalized spacial score (nSPS) is 49.3. The maximum Gasteiger partial charge on any atom is 0.305 e. The summed E-state index contributed by atoms with van der Waals surface area (Å²) in [5, 5.41) is 12.7. The van der Waals surface area contributed by atoms with E-state index in [0.717, 1.165) is 24.0 Å². The van der Waals surface area contributed by atoms with Crippen LogP contribution in [0, 0.1) is 39.9 Å². The van der Waals surface area contributed by atoms with Gasteiger partial charge in [0.15, 0.2) is 0 Å². The van der Waals surface area contributed by atoms with Crippen molar-refractivity contribution in [3.8, 4) is 0 Å². The lowest BCUT2D eigenvalue weighted by Crippen LogP contribution is -2.70. The van der Waals surface area contributed by atoms with E-state index in [2.05, 4.69) is 43.6 Å². The molecule has 1 saturated heterocycles. The van der Waals surface area contributed by atoms with Gasteiger partial charge in [-0.05, 0) is 42.7 Å². The quantitative estimate of drug-likeness (QED) is 0.370. The molecule has 0 aromatic heterocycles. The lowest BCUT2D eigenvalue weighted by molar-refractivity contribution is -0.265. The number of aliphatic hydroxyl groups is 1. The summed E-state index contributed by atoms with van der Waals surface area (Å²) >= 11 is 2.63. The van der Waals surface area contributed by atoms with E-state index in [0.29, 0.717) is 31.1 Å². The fourth-order valence-corrected chi connectivity index (χ4v) is 9.11. The predicted molar refractivity (Wildman–Crippen MR) is 130 cm³/mol. The zero-order valence-corrected chi connectivity index (χ0v) is 22.7. The minimum absolute atomic E-state index is 0.0300. The van der Waals surface area contributed by atoms with Crippen LogP contribution in [0.2, 0.25) is 4.78 Å². The molecule has 5 aliphatic rings. The van der Waals surface area contributed by atoms with E-state index < -0.39 is 22.5 Å². The summed E-state index contributed by atoms with van der Waals surface area (Å²) in [4.78, 5) is 27.1. The standard InChI is InChI=1S/C28H39O5.Al/c1-8-10-21(29)33-19-13-28(31)18(9-2)23-26(7)14-32-20(26)11-17-12-27(17,23)24(30)16(4)22(15(19)3)25(28,5)6;/h8-9,16-20,23,31H,2,10-14H2,1,3-7H3;/t16-,17-,18+,19+,20-,23?,26-,27-,28-;/m1./s1. The first-order valence-corrected chi connectivity index (χ1v) is 13.6.